The average Bonchev–Trinajstić information content (AvgIpc) is 2.74. The molecule has 84 valence electrons. The van der Waals surface area contributed by atoms with E-state index in [0.29, 0.717) is 17.9 Å². The third kappa shape index (κ3) is 2.25. The van der Waals surface area contributed by atoms with Gasteiger partial charge in [0.05, 0.1) is 28.6 Å². The highest BCUT2D eigenvalue weighted by Crippen LogP contribution is 2.26. The Morgan fingerprint density at radius 3 is 3.00 bits per heavy atom. The first-order valence-electron chi connectivity index (χ1n) is 4.63. The van der Waals surface area contributed by atoms with Crippen molar-refractivity contribution in [3.63, 3.8) is 0 Å². The number of aromatic amines is 1. The Hall–Kier alpha value is -1.75. The molecule has 0 fully saturated rings. The van der Waals surface area contributed by atoms with Gasteiger partial charge in [-0.1, -0.05) is 11.6 Å². The summed E-state index contributed by atoms with van der Waals surface area (Å²) >= 11 is 5.66. The number of rotatable bonds is 3. The van der Waals surface area contributed by atoms with Crippen molar-refractivity contribution < 1.29 is 4.39 Å². The van der Waals surface area contributed by atoms with E-state index in [1.165, 1.54) is 12.1 Å². The average molecular weight is 241 g/mol. The van der Waals surface area contributed by atoms with Crippen LogP contribution in [0, 0.1) is 5.82 Å². The molecular formula is C10H10ClFN4. The Labute approximate surface area is 96.6 Å². The van der Waals surface area contributed by atoms with Crippen LogP contribution in [0.5, 0.6) is 0 Å². The van der Waals surface area contributed by atoms with Crippen molar-refractivity contribution in [3.8, 4) is 0 Å². The Balaban J connectivity index is 2.12. The van der Waals surface area contributed by atoms with Gasteiger partial charge in [-0.25, -0.2) is 4.39 Å². The fourth-order valence-electron chi connectivity index (χ4n) is 1.29. The van der Waals surface area contributed by atoms with E-state index in [0.717, 1.165) is 5.69 Å². The zero-order valence-electron chi connectivity index (χ0n) is 8.30. The van der Waals surface area contributed by atoms with Gasteiger partial charge in [0.2, 0.25) is 0 Å². The van der Waals surface area contributed by atoms with Crippen molar-refractivity contribution in [1.82, 2.24) is 10.2 Å². The molecule has 0 bridgehead atoms. The maximum Gasteiger partial charge on any atom is 0.143 e. The number of aromatic nitrogens is 2. The van der Waals surface area contributed by atoms with Crippen molar-refractivity contribution in [2.45, 2.75) is 6.54 Å². The molecule has 0 aliphatic carbocycles. The van der Waals surface area contributed by atoms with Crippen LogP contribution in [0.25, 0.3) is 0 Å². The van der Waals surface area contributed by atoms with Crippen molar-refractivity contribution in [3.05, 3.63) is 40.9 Å². The lowest BCUT2D eigenvalue weighted by Gasteiger charge is -2.09. The second kappa shape index (κ2) is 4.40. The van der Waals surface area contributed by atoms with Crippen molar-refractivity contribution in [2.24, 2.45) is 0 Å². The van der Waals surface area contributed by atoms with Crippen LogP contribution in [0.1, 0.15) is 5.69 Å². The molecule has 2 aromatic rings. The zero-order chi connectivity index (χ0) is 11.5. The highest BCUT2D eigenvalue weighted by atomic mass is 35.5. The number of halogens is 2. The topological polar surface area (TPSA) is 66.7 Å². The standard InChI is InChI=1S/C10H10ClFN4/c11-7-3-10(9(13)4-8(7)12)14-5-6-1-2-15-16-6/h1-4,14H,5,13H2,(H,15,16). The minimum absolute atomic E-state index is 0.0429. The molecule has 0 aliphatic heterocycles. The van der Waals surface area contributed by atoms with E-state index in [1.54, 1.807) is 6.20 Å². The van der Waals surface area contributed by atoms with Gasteiger partial charge in [-0.15, -0.1) is 0 Å². The first-order chi connectivity index (χ1) is 7.66. The number of hydrogen-bond donors (Lipinski definition) is 3. The third-order valence-electron chi connectivity index (χ3n) is 2.12. The largest absolute Gasteiger partial charge is 0.397 e. The van der Waals surface area contributed by atoms with E-state index >= 15 is 0 Å². The van der Waals surface area contributed by atoms with Gasteiger partial charge < -0.3 is 11.1 Å². The number of nitrogens with zero attached hydrogens (tertiary/aromatic N) is 1. The molecule has 0 atom stereocenters. The Morgan fingerprint density at radius 1 is 1.50 bits per heavy atom. The van der Waals surface area contributed by atoms with E-state index < -0.39 is 5.82 Å². The molecule has 0 aliphatic rings. The molecular weight excluding hydrogens is 231 g/mol. The maximum atomic E-state index is 13.0. The van der Waals surface area contributed by atoms with E-state index in [1.807, 2.05) is 6.07 Å². The molecule has 0 spiro atoms. The zero-order valence-corrected chi connectivity index (χ0v) is 9.05. The SMILES string of the molecule is Nc1cc(F)c(Cl)cc1NCc1ccn[nH]1. The molecule has 0 unspecified atom stereocenters. The minimum Gasteiger partial charge on any atom is -0.397 e. The fraction of sp³-hybridized carbons (Fsp3) is 0.100. The quantitative estimate of drug-likeness (QED) is 0.722. The normalized spacial score (nSPS) is 10.4. The molecule has 0 radical (unpaired) electrons. The number of benzene rings is 1. The summed E-state index contributed by atoms with van der Waals surface area (Å²) in [5, 5.41) is 9.68. The first kappa shape index (κ1) is 10.8. The lowest BCUT2D eigenvalue weighted by Crippen LogP contribution is -2.03. The summed E-state index contributed by atoms with van der Waals surface area (Å²) in [5.74, 6) is -0.522. The molecule has 1 aromatic heterocycles. The monoisotopic (exact) mass is 240 g/mol. The van der Waals surface area contributed by atoms with Crippen molar-refractivity contribution in [2.75, 3.05) is 11.1 Å². The van der Waals surface area contributed by atoms with Crippen LogP contribution < -0.4 is 11.1 Å². The molecule has 1 aromatic carbocycles. The smallest absolute Gasteiger partial charge is 0.143 e. The molecule has 0 amide bonds. The molecule has 4 N–H and O–H groups in total. The summed E-state index contributed by atoms with van der Waals surface area (Å²) in [7, 11) is 0. The number of nitrogens with two attached hydrogens (primary N) is 1. The fourth-order valence-corrected chi connectivity index (χ4v) is 1.45. The summed E-state index contributed by atoms with van der Waals surface area (Å²) in [5.41, 5.74) is 7.46. The summed E-state index contributed by atoms with van der Waals surface area (Å²) < 4.78 is 13.0. The van der Waals surface area contributed by atoms with Gasteiger partial charge in [0.15, 0.2) is 0 Å². The summed E-state index contributed by atoms with van der Waals surface area (Å²) in [4.78, 5) is 0. The predicted octanol–water partition coefficient (Wildman–Crippen LogP) is 2.40. The minimum atomic E-state index is -0.522. The molecule has 4 nitrogen and oxygen atoms in total. The summed E-state index contributed by atoms with van der Waals surface area (Å²) in [6, 6.07) is 4.48. The van der Waals surface area contributed by atoms with Crippen molar-refractivity contribution >= 4 is 23.0 Å². The van der Waals surface area contributed by atoms with Crippen LogP contribution in [0.2, 0.25) is 5.02 Å². The van der Waals surface area contributed by atoms with Crippen LogP contribution in [0.15, 0.2) is 24.4 Å². The lowest BCUT2D eigenvalue weighted by atomic mass is 10.2. The second-order valence-electron chi connectivity index (χ2n) is 3.29. The highest BCUT2D eigenvalue weighted by molar-refractivity contribution is 6.31. The molecule has 0 saturated heterocycles. The van der Waals surface area contributed by atoms with Crippen LogP contribution in [-0.4, -0.2) is 10.2 Å². The highest BCUT2D eigenvalue weighted by Gasteiger charge is 2.06. The summed E-state index contributed by atoms with van der Waals surface area (Å²) in [6.45, 7) is 0.520. The molecule has 16 heavy (non-hydrogen) atoms. The van der Waals surface area contributed by atoms with Gasteiger partial charge >= 0.3 is 0 Å². The number of hydrogen-bond acceptors (Lipinski definition) is 3. The first-order valence-corrected chi connectivity index (χ1v) is 5.01. The Morgan fingerprint density at radius 2 is 2.31 bits per heavy atom. The Bertz CT molecular complexity index is 484. The van der Waals surface area contributed by atoms with Gasteiger partial charge in [-0.2, -0.15) is 5.10 Å². The van der Waals surface area contributed by atoms with Crippen LogP contribution in [-0.2, 0) is 6.54 Å². The van der Waals surface area contributed by atoms with Gasteiger partial charge in [0.25, 0.3) is 0 Å². The van der Waals surface area contributed by atoms with E-state index in [2.05, 4.69) is 15.5 Å². The number of H-pyrrole nitrogens is 1. The van der Waals surface area contributed by atoms with Crippen LogP contribution >= 0.6 is 11.6 Å². The van der Waals surface area contributed by atoms with E-state index in [-0.39, 0.29) is 5.02 Å². The number of nitrogen functional groups attached to an aromatic ring is 1. The van der Waals surface area contributed by atoms with Crippen LogP contribution in [0.3, 0.4) is 0 Å². The van der Waals surface area contributed by atoms with Gasteiger partial charge in [-0.3, -0.25) is 5.10 Å². The van der Waals surface area contributed by atoms with Gasteiger partial charge in [0.1, 0.15) is 5.82 Å². The predicted molar refractivity (Wildman–Crippen MR) is 61.7 cm³/mol. The van der Waals surface area contributed by atoms with E-state index in [9.17, 15) is 4.39 Å². The van der Waals surface area contributed by atoms with E-state index in [4.69, 9.17) is 17.3 Å². The van der Waals surface area contributed by atoms with Gasteiger partial charge in [-0.05, 0) is 12.1 Å². The number of nitrogens with one attached hydrogen (secondary N) is 2. The molecule has 0 saturated carbocycles. The molecule has 1 heterocycles. The Kier molecular flexibility index (Phi) is 2.96. The van der Waals surface area contributed by atoms with Crippen molar-refractivity contribution in [1.29, 1.82) is 0 Å². The lowest BCUT2D eigenvalue weighted by molar-refractivity contribution is 0.629. The maximum absolute atomic E-state index is 13.0. The van der Waals surface area contributed by atoms with Crippen LogP contribution in [0.4, 0.5) is 15.8 Å². The molecule has 6 heteroatoms. The second-order valence-corrected chi connectivity index (χ2v) is 3.70. The number of anilines is 2. The summed E-state index contributed by atoms with van der Waals surface area (Å²) in [6.07, 6.45) is 1.65. The molecule has 2 rings (SSSR count). The van der Waals surface area contributed by atoms with Gasteiger partial charge in [0, 0.05) is 12.3 Å². The third-order valence-corrected chi connectivity index (χ3v) is 2.41.